The van der Waals surface area contributed by atoms with Gasteiger partial charge < -0.3 is 0 Å². The highest BCUT2D eigenvalue weighted by Crippen LogP contribution is 2.25. The standard InChI is InChI=1S/C12H7F5N2O2/c1-3-5(4(2)20)12(21)19(18-3)11-9(16)7(14)6(13)8(15)10(11)17/h18H,1-2H3. The third-order valence-electron chi connectivity index (χ3n) is 2.83. The quantitative estimate of drug-likeness (QED) is 0.401. The van der Waals surface area contributed by atoms with Crippen molar-refractivity contribution in [1.82, 2.24) is 9.78 Å². The lowest BCUT2D eigenvalue weighted by molar-refractivity contribution is 0.101. The maximum Gasteiger partial charge on any atom is 0.282 e. The van der Waals surface area contributed by atoms with E-state index in [0.717, 1.165) is 6.92 Å². The fraction of sp³-hybridized carbons (Fsp3) is 0.167. The zero-order chi connectivity index (χ0) is 16.1. The van der Waals surface area contributed by atoms with Crippen molar-refractivity contribution in [2.75, 3.05) is 0 Å². The summed E-state index contributed by atoms with van der Waals surface area (Å²) in [5, 5.41) is 2.11. The Hall–Kier alpha value is -2.45. The molecule has 0 fully saturated rings. The molecule has 0 unspecified atom stereocenters. The van der Waals surface area contributed by atoms with Crippen LogP contribution in [-0.4, -0.2) is 15.6 Å². The maximum absolute atomic E-state index is 13.6. The summed E-state index contributed by atoms with van der Waals surface area (Å²) in [5.74, 6) is -11.8. The molecule has 0 aliphatic heterocycles. The number of H-pyrrole nitrogens is 1. The van der Waals surface area contributed by atoms with Gasteiger partial charge in [-0.15, -0.1) is 0 Å². The fourth-order valence-electron chi connectivity index (χ4n) is 1.91. The molecule has 4 nitrogen and oxygen atoms in total. The molecule has 0 atom stereocenters. The summed E-state index contributed by atoms with van der Waals surface area (Å²) in [6.07, 6.45) is 0. The average Bonchev–Trinajstić information content (AvgIpc) is 2.70. The van der Waals surface area contributed by atoms with E-state index in [4.69, 9.17) is 0 Å². The van der Waals surface area contributed by atoms with Crippen LogP contribution in [0.5, 0.6) is 0 Å². The summed E-state index contributed by atoms with van der Waals surface area (Å²) in [7, 11) is 0. The van der Waals surface area contributed by atoms with Crippen molar-refractivity contribution in [3.63, 3.8) is 0 Å². The van der Waals surface area contributed by atoms with Crippen LogP contribution < -0.4 is 5.56 Å². The van der Waals surface area contributed by atoms with Gasteiger partial charge in [0.05, 0.1) is 0 Å². The summed E-state index contributed by atoms with van der Waals surface area (Å²) in [6.45, 7) is 2.28. The smallest absolute Gasteiger partial charge is 0.282 e. The number of nitrogens with one attached hydrogen (secondary N) is 1. The van der Waals surface area contributed by atoms with Gasteiger partial charge in [0, 0.05) is 5.69 Å². The Balaban J connectivity index is 2.90. The van der Waals surface area contributed by atoms with Crippen molar-refractivity contribution < 1.29 is 26.7 Å². The van der Waals surface area contributed by atoms with Crippen LogP contribution >= 0.6 is 0 Å². The second-order valence-electron chi connectivity index (χ2n) is 4.23. The summed E-state index contributed by atoms with van der Waals surface area (Å²) < 4.78 is 66.6. The molecule has 1 aromatic heterocycles. The molecule has 9 heteroatoms. The number of ketones is 1. The van der Waals surface area contributed by atoms with Gasteiger partial charge in [0.25, 0.3) is 5.56 Å². The van der Waals surface area contributed by atoms with Gasteiger partial charge in [0.2, 0.25) is 5.82 Å². The van der Waals surface area contributed by atoms with Gasteiger partial charge in [0.15, 0.2) is 29.1 Å². The van der Waals surface area contributed by atoms with Crippen LogP contribution in [0.4, 0.5) is 22.0 Å². The van der Waals surface area contributed by atoms with Crippen molar-refractivity contribution in [3.05, 3.63) is 50.7 Å². The van der Waals surface area contributed by atoms with E-state index in [2.05, 4.69) is 5.10 Å². The fourth-order valence-corrected chi connectivity index (χ4v) is 1.91. The number of benzene rings is 1. The number of hydrogen-bond donors (Lipinski definition) is 1. The summed E-state index contributed by atoms with van der Waals surface area (Å²) in [4.78, 5) is 23.1. The lowest BCUT2D eigenvalue weighted by Gasteiger charge is -2.08. The van der Waals surface area contributed by atoms with Crippen LogP contribution in [0, 0.1) is 36.0 Å². The topological polar surface area (TPSA) is 54.9 Å². The zero-order valence-corrected chi connectivity index (χ0v) is 10.7. The first-order valence-corrected chi connectivity index (χ1v) is 5.52. The van der Waals surface area contributed by atoms with Crippen LogP contribution in [0.25, 0.3) is 5.69 Å². The Morgan fingerprint density at radius 1 is 0.952 bits per heavy atom. The first-order valence-electron chi connectivity index (χ1n) is 5.52. The van der Waals surface area contributed by atoms with Crippen LogP contribution in [0.2, 0.25) is 0 Å². The predicted molar refractivity (Wildman–Crippen MR) is 60.9 cm³/mol. The molecule has 0 spiro atoms. The summed E-state index contributed by atoms with van der Waals surface area (Å²) >= 11 is 0. The Morgan fingerprint density at radius 2 is 1.38 bits per heavy atom. The second-order valence-corrected chi connectivity index (χ2v) is 4.23. The summed E-state index contributed by atoms with van der Waals surface area (Å²) in [5.41, 5.74) is -3.16. The third-order valence-corrected chi connectivity index (χ3v) is 2.83. The number of nitrogens with zero attached hydrogens (tertiary/aromatic N) is 1. The Bertz CT molecular complexity index is 793. The molecule has 21 heavy (non-hydrogen) atoms. The summed E-state index contributed by atoms with van der Waals surface area (Å²) in [6, 6.07) is 0. The van der Waals surface area contributed by atoms with Gasteiger partial charge in [-0.2, -0.15) is 0 Å². The molecule has 112 valence electrons. The Kier molecular flexibility index (Phi) is 3.44. The van der Waals surface area contributed by atoms with Gasteiger partial charge in [-0.25, -0.2) is 26.6 Å². The van der Waals surface area contributed by atoms with Gasteiger partial charge >= 0.3 is 0 Å². The molecular weight excluding hydrogens is 299 g/mol. The number of halogens is 5. The van der Waals surface area contributed by atoms with Crippen molar-refractivity contribution in [1.29, 1.82) is 0 Å². The van der Waals surface area contributed by atoms with Crippen molar-refractivity contribution in [2.45, 2.75) is 13.8 Å². The van der Waals surface area contributed by atoms with Crippen molar-refractivity contribution >= 4 is 5.78 Å². The minimum Gasteiger partial charge on any atom is -0.294 e. The van der Waals surface area contributed by atoms with Crippen LogP contribution in [0.3, 0.4) is 0 Å². The van der Waals surface area contributed by atoms with E-state index in [9.17, 15) is 31.5 Å². The van der Waals surface area contributed by atoms with Gasteiger partial charge in [-0.1, -0.05) is 0 Å². The Morgan fingerprint density at radius 3 is 1.76 bits per heavy atom. The molecule has 0 amide bonds. The molecule has 1 aromatic carbocycles. The van der Waals surface area contributed by atoms with Gasteiger partial charge in [-0.05, 0) is 13.8 Å². The highest BCUT2D eigenvalue weighted by molar-refractivity contribution is 5.94. The molecule has 0 radical (unpaired) electrons. The van der Waals surface area contributed by atoms with E-state index in [-0.39, 0.29) is 10.4 Å². The molecule has 0 aliphatic rings. The predicted octanol–water partition coefficient (Wildman–Crippen LogP) is 2.37. The lowest BCUT2D eigenvalue weighted by atomic mass is 10.2. The van der Waals surface area contributed by atoms with Crippen LogP contribution in [0.15, 0.2) is 4.79 Å². The van der Waals surface area contributed by atoms with Gasteiger partial charge in [-0.3, -0.25) is 14.7 Å². The number of Topliss-reactive ketones (excluding diaryl/α,β-unsaturated/α-hetero) is 1. The lowest BCUT2D eigenvalue weighted by Crippen LogP contribution is -2.23. The van der Waals surface area contributed by atoms with E-state index < -0.39 is 51.7 Å². The van der Waals surface area contributed by atoms with E-state index in [1.807, 2.05) is 0 Å². The minimum absolute atomic E-state index is 0.0589. The molecule has 0 saturated heterocycles. The van der Waals surface area contributed by atoms with E-state index in [1.54, 1.807) is 0 Å². The third kappa shape index (κ3) is 2.05. The molecule has 1 N–H and O–H groups in total. The SMILES string of the molecule is CC(=O)c1c(C)[nH]n(-c2c(F)c(F)c(F)c(F)c2F)c1=O. The number of rotatable bonds is 2. The monoisotopic (exact) mass is 306 g/mol. The number of aromatic amines is 1. The van der Waals surface area contributed by atoms with Crippen LogP contribution in [0.1, 0.15) is 23.0 Å². The largest absolute Gasteiger partial charge is 0.294 e. The highest BCUT2D eigenvalue weighted by atomic mass is 19.2. The second kappa shape index (κ2) is 4.83. The molecule has 0 saturated carbocycles. The van der Waals surface area contributed by atoms with E-state index >= 15 is 0 Å². The Labute approximate surface area is 113 Å². The molecule has 1 heterocycles. The van der Waals surface area contributed by atoms with E-state index in [1.165, 1.54) is 6.92 Å². The zero-order valence-electron chi connectivity index (χ0n) is 10.7. The molecule has 0 bridgehead atoms. The normalized spacial score (nSPS) is 11.0. The molecular formula is C12H7F5N2O2. The van der Waals surface area contributed by atoms with Crippen LogP contribution in [-0.2, 0) is 0 Å². The highest BCUT2D eigenvalue weighted by Gasteiger charge is 2.29. The van der Waals surface area contributed by atoms with E-state index in [0.29, 0.717) is 0 Å². The minimum atomic E-state index is -2.34. The van der Waals surface area contributed by atoms with Crippen molar-refractivity contribution in [3.8, 4) is 5.69 Å². The molecule has 2 aromatic rings. The maximum atomic E-state index is 13.6. The number of hydrogen-bond acceptors (Lipinski definition) is 2. The number of carbonyl (C=O) groups excluding carboxylic acids is 1. The number of aryl methyl sites for hydroxylation is 1. The average molecular weight is 306 g/mol. The first-order chi connectivity index (χ1) is 9.68. The number of aromatic nitrogens is 2. The van der Waals surface area contributed by atoms with Crippen molar-refractivity contribution in [2.24, 2.45) is 0 Å². The number of carbonyl (C=O) groups is 1. The van der Waals surface area contributed by atoms with Gasteiger partial charge in [0.1, 0.15) is 11.3 Å². The molecule has 2 rings (SSSR count). The molecule has 0 aliphatic carbocycles. The first kappa shape index (κ1) is 14.9.